The molecule has 2 aromatic carbocycles. The largest absolute Gasteiger partial charge is 0.308 e. The lowest BCUT2D eigenvalue weighted by Gasteiger charge is -2.24. The summed E-state index contributed by atoms with van der Waals surface area (Å²) in [6.07, 6.45) is 0. The summed E-state index contributed by atoms with van der Waals surface area (Å²) in [7, 11) is -0.102. The molecular weight excluding hydrogens is 373 g/mol. The molecule has 0 atom stereocenters. The SMILES string of the molecule is CN(C)CCN(Cc1ccccc1F)S(=O)(=O)Cc1ccc([N+](=O)[O-])cc1. The van der Waals surface area contributed by atoms with Gasteiger partial charge in [-0.1, -0.05) is 30.3 Å². The first kappa shape index (κ1) is 20.9. The highest BCUT2D eigenvalue weighted by Crippen LogP contribution is 2.18. The Hall–Kier alpha value is -2.36. The van der Waals surface area contributed by atoms with Gasteiger partial charge in [-0.3, -0.25) is 10.1 Å². The van der Waals surface area contributed by atoms with Crippen LogP contribution in [0.1, 0.15) is 11.1 Å². The molecule has 0 aliphatic carbocycles. The molecule has 0 bridgehead atoms. The fourth-order valence-electron chi connectivity index (χ4n) is 2.46. The lowest BCUT2D eigenvalue weighted by atomic mass is 10.2. The lowest BCUT2D eigenvalue weighted by molar-refractivity contribution is -0.384. The minimum atomic E-state index is -3.75. The summed E-state index contributed by atoms with van der Waals surface area (Å²) in [6.45, 7) is 0.612. The summed E-state index contributed by atoms with van der Waals surface area (Å²) < 4.78 is 41.0. The van der Waals surface area contributed by atoms with E-state index in [0.717, 1.165) is 0 Å². The molecule has 0 aromatic heterocycles. The summed E-state index contributed by atoms with van der Waals surface area (Å²) in [5.41, 5.74) is 0.625. The van der Waals surface area contributed by atoms with Gasteiger partial charge in [0.1, 0.15) is 5.82 Å². The van der Waals surface area contributed by atoms with E-state index < -0.39 is 20.8 Å². The number of nitro benzene ring substituents is 1. The molecule has 7 nitrogen and oxygen atoms in total. The van der Waals surface area contributed by atoms with Crippen LogP contribution in [0.4, 0.5) is 10.1 Å². The van der Waals surface area contributed by atoms with Crippen LogP contribution < -0.4 is 0 Å². The van der Waals surface area contributed by atoms with Crippen molar-refractivity contribution in [2.75, 3.05) is 27.2 Å². The number of benzene rings is 2. The molecule has 0 radical (unpaired) electrons. The fraction of sp³-hybridized carbons (Fsp3) is 0.333. The number of non-ortho nitro benzene ring substituents is 1. The van der Waals surface area contributed by atoms with E-state index in [4.69, 9.17) is 0 Å². The predicted octanol–water partition coefficient (Wildman–Crippen LogP) is 2.63. The number of hydrogen-bond acceptors (Lipinski definition) is 5. The summed E-state index contributed by atoms with van der Waals surface area (Å²) in [5.74, 6) is -0.773. The molecule has 0 fully saturated rings. The van der Waals surface area contributed by atoms with Crippen LogP contribution in [0.3, 0.4) is 0 Å². The van der Waals surface area contributed by atoms with Crippen molar-refractivity contribution in [1.82, 2.24) is 9.21 Å². The van der Waals surface area contributed by atoms with E-state index in [-0.39, 0.29) is 24.5 Å². The van der Waals surface area contributed by atoms with Crippen molar-refractivity contribution in [2.24, 2.45) is 0 Å². The molecule has 0 amide bonds. The van der Waals surface area contributed by atoms with Crippen LogP contribution in [0.2, 0.25) is 0 Å². The minimum Gasteiger partial charge on any atom is -0.308 e. The Morgan fingerprint density at radius 2 is 1.67 bits per heavy atom. The van der Waals surface area contributed by atoms with Crippen molar-refractivity contribution in [3.05, 3.63) is 75.6 Å². The van der Waals surface area contributed by atoms with Crippen LogP contribution >= 0.6 is 0 Å². The Bertz CT molecular complexity index is 886. The quantitative estimate of drug-likeness (QED) is 0.481. The Morgan fingerprint density at radius 1 is 1.04 bits per heavy atom. The van der Waals surface area contributed by atoms with E-state index in [2.05, 4.69) is 0 Å². The zero-order chi connectivity index (χ0) is 20.0. The first-order chi connectivity index (χ1) is 12.7. The Morgan fingerprint density at radius 3 is 2.22 bits per heavy atom. The van der Waals surface area contributed by atoms with E-state index in [0.29, 0.717) is 17.7 Å². The van der Waals surface area contributed by atoms with Crippen molar-refractivity contribution in [3.8, 4) is 0 Å². The monoisotopic (exact) mass is 395 g/mol. The average molecular weight is 395 g/mol. The van der Waals surface area contributed by atoms with Gasteiger partial charge in [0, 0.05) is 37.3 Å². The van der Waals surface area contributed by atoms with Gasteiger partial charge in [0.25, 0.3) is 5.69 Å². The average Bonchev–Trinajstić information content (AvgIpc) is 2.59. The van der Waals surface area contributed by atoms with Crippen molar-refractivity contribution in [1.29, 1.82) is 0 Å². The molecule has 9 heteroatoms. The third-order valence-corrected chi connectivity index (χ3v) is 5.79. The number of nitrogens with zero attached hydrogens (tertiary/aromatic N) is 3. The highest BCUT2D eigenvalue weighted by atomic mass is 32.2. The highest BCUT2D eigenvalue weighted by Gasteiger charge is 2.24. The topological polar surface area (TPSA) is 83.8 Å². The first-order valence-electron chi connectivity index (χ1n) is 8.28. The maximum atomic E-state index is 14.0. The van der Waals surface area contributed by atoms with Crippen LogP contribution in [0.25, 0.3) is 0 Å². The number of hydrogen-bond donors (Lipinski definition) is 0. The summed E-state index contributed by atoms with van der Waals surface area (Å²) >= 11 is 0. The van der Waals surface area contributed by atoms with Crippen molar-refractivity contribution in [3.63, 3.8) is 0 Å². The van der Waals surface area contributed by atoms with Gasteiger partial charge in [-0.2, -0.15) is 4.31 Å². The second-order valence-corrected chi connectivity index (χ2v) is 8.38. The van der Waals surface area contributed by atoms with Gasteiger partial charge in [-0.05, 0) is 25.7 Å². The number of sulfonamides is 1. The second-order valence-electron chi connectivity index (χ2n) is 6.41. The maximum absolute atomic E-state index is 14.0. The van der Waals surface area contributed by atoms with Gasteiger partial charge < -0.3 is 4.90 Å². The number of rotatable bonds is 9. The van der Waals surface area contributed by atoms with E-state index in [1.165, 1.54) is 34.6 Å². The minimum absolute atomic E-state index is 0.0736. The summed E-state index contributed by atoms with van der Waals surface area (Å²) in [5, 5.41) is 10.7. The van der Waals surface area contributed by atoms with Crippen molar-refractivity contribution in [2.45, 2.75) is 12.3 Å². The predicted molar refractivity (Wildman–Crippen MR) is 101 cm³/mol. The third-order valence-electron chi connectivity index (χ3n) is 3.99. The molecule has 0 aliphatic rings. The van der Waals surface area contributed by atoms with Crippen LogP contribution in [0, 0.1) is 15.9 Å². The number of likely N-dealkylation sites (N-methyl/N-ethyl adjacent to an activating group) is 1. The van der Waals surface area contributed by atoms with Gasteiger partial charge >= 0.3 is 0 Å². The molecule has 0 saturated carbocycles. The number of halogens is 1. The molecule has 0 N–H and O–H groups in total. The standard InChI is InChI=1S/C18H22FN3O4S/c1-20(2)11-12-21(13-16-5-3-4-6-18(16)19)27(25,26)14-15-7-9-17(10-8-15)22(23)24/h3-10H,11-14H2,1-2H3. The van der Waals surface area contributed by atoms with E-state index >= 15 is 0 Å². The summed E-state index contributed by atoms with van der Waals surface area (Å²) in [6, 6.07) is 11.4. The van der Waals surface area contributed by atoms with Gasteiger partial charge in [0.15, 0.2) is 0 Å². The Balaban J connectivity index is 2.23. The summed E-state index contributed by atoms with van der Waals surface area (Å²) in [4.78, 5) is 12.0. The van der Waals surface area contributed by atoms with E-state index in [1.807, 2.05) is 19.0 Å². The fourth-order valence-corrected chi connectivity index (χ4v) is 3.95. The van der Waals surface area contributed by atoms with Crippen molar-refractivity contribution >= 4 is 15.7 Å². The van der Waals surface area contributed by atoms with Crippen LogP contribution in [-0.4, -0.2) is 49.7 Å². The van der Waals surface area contributed by atoms with Gasteiger partial charge in [-0.25, -0.2) is 12.8 Å². The zero-order valence-corrected chi connectivity index (χ0v) is 16.0. The molecule has 27 heavy (non-hydrogen) atoms. The zero-order valence-electron chi connectivity index (χ0n) is 15.2. The van der Waals surface area contributed by atoms with Gasteiger partial charge in [0.05, 0.1) is 10.7 Å². The molecular formula is C18H22FN3O4S. The van der Waals surface area contributed by atoms with Crippen molar-refractivity contribution < 1.29 is 17.7 Å². The third kappa shape index (κ3) is 6.09. The Kier molecular flexibility index (Phi) is 7.00. The van der Waals surface area contributed by atoms with Crippen LogP contribution in [0.15, 0.2) is 48.5 Å². The molecule has 2 rings (SSSR count). The molecule has 0 saturated heterocycles. The second kappa shape index (κ2) is 9.03. The normalized spacial score (nSPS) is 11.9. The van der Waals surface area contributed by atoms with Gasteiger partial charge in [-0.15, -0.1) is 0 Å². The number of nitro groups is 1. The highest BCUT2D eigenvalue weighted by molar-refractivity contribution is 7.88. The van der Waals surface area contributed by atoms with E-state index in [1.54, 1.807) is 18.2 Å². The molecule has 0 aliphatic heterocycles. The Labute approximate surface area is 158 Å². The van der Waals surface area contributed by atoms with Gasteiger partial charge in [0.2, 0.25) is 10.0 Å². The smallest absolute Gasteiger partial charge is 0.269 e. The molecule has 0 spiro atoms. The molecule has 0 heterocycles. The molecule has 0 unspecified atom stereocenters. The molecule has 146 valence electrons. The van der Waals surface area contributed by atoms with Crippen LogP contribution in [0.5, 0.6) is 0 Å². The molecule has 2 aromatic rings. The first-order valence-corrected chi connectivity index (χ1v) is 9.89. The van der Waals surface area contributed by atoms with E-state index in [9.17, 15) is 22.9 Å². The maximum Gasteiger partial charge on any atom is 0.269 e. The van der Waals surface area contributed by atoms with Crippen LogP contribution in [-0.2, 0) is 22.3 Å². The lowest BCUT2D eigenvalue weighted by Crippen LogP contribution is -2.37.